The molecule has 1 unspecified atom stereocenters. The Kier molecular flexibility index (Phi) is 4.19. The zero-order valence-electron chi connectivity index (χ0n) is 11.6. The molecule has 0 amide bonds. The summed E-state index contributed by atoms with van der Waals surface area (Å²) in [5, 5.41) is 7.40. The fourth-order valence-electron chi connectivity index (χ4n) is 2.38. The zero-order valence-corrected chi connectivity index (χ0v) is 12.4. The maximum atomic E-state index is 13.5. The van der Waals surface area contributed by atoms with Crippen LogP contribution in [0.25, 0.3) is 11.5 Å². The molecule has 0 saturated carbocycles. The Morgan fingerprint density at radius 2 is 2.14 bits per heavy atom. The number of aromatic nitrogens is 2. The molecule has 3 rings (SSSR count). The van der Waals surface area contributed by atoms with Gasteiger partial charge in [0.2, 0.25) is 0 Å². The van der Waals surface area contributed by atoms with Gasteiger partial charge in [-0.05, 0) is 25.1 Å². The topological polar surface area (TPSA) is 54.2 Å². The summed E-state index contributed by atoms with van der Waals surface area (Å²) in [5.74, 6) is 0.425. The first kappa shape index (κ1) is 14.4. The van der Waals surface area contributed by atoms with Crippen molar-refractivity contribution < 1.29 is 8.91 Å². The number of halogens is 2. The van der Waals surface area contributed by atoms with Gasteiger partial charge in [0, 0.05) is 31.7 Å². The molecular weight excluding hydrogens is 295 g/mol. The molecule has 0 spiro atoms. The van der Waals surface area contributed by atoms with Crippen molar-refractivity contribution >= 4 is 11.6 Å². The average Bonchev–Trinajstić information content (AvgIpc) is 3.00. The maximum Gasteiger partial charge on any atom is 0.258 e. The molecule has 0 aliphatic carbocycles. The molecule has 2 heterocycles. The van der Waals surface area contributed by atoms with Gasteiger partial charge in [-0.3, -0.25) is 4.90 Å². The summed E-state index contributed by atoms with van der Waals surface area (Å²) in [7, 11) is 0. The first-order valence-corrected chi connectivity index (χ1v) is 7.27. The van der Waals surface area contributed by atoms with E-state index in [-0.39, 0.29) is 11.1 Å². The highest BCUT2D eigenvalue weighted by Gasteiger charge is 2.22. The van der Waals surface area contributed by atoms with Crippen LogP contribution in [0, 0.1) is 5.82 Å². The highest BCUT2D eigenvalue weighted by molar-refractivity contribution is 6.30. The Bertz CT molecular complexity index is 627. The Labute approximate surface area is 127 Å². The second kappa shape index (κ2) is 6.09. The number of piperazine rings is 1. The van der Waals surface area contributed by atoms with Crippen molar-refractivity contribution in [1.82, 2.24) is 20.4 Å². The van der Waals surface area contributed by atoms with E-state index in [0.29, 0.717) is 17.3 Å². The molecule has 5 nitrogen and oxygen atoms in total. The fraction of sp³-hybridized carbons (Fsp3) is 0.429. The van der Waals surface area contributed by atoms with Crippen molar-refractivity contribution in [2.45, 2.75) is 13.0 Å². The van der Waals surface area contributed by atoms with Crippen LogP contribution in [0.2, 0.25) is 5.02 Å². The third kappa shape index (κ3) is 3.07. The molecule has 0 radical (unpaired) electrons. The molecule has 1 aromatic carbocycles. The van der Waals surface area contributed by atoms with Crippen LogP contribution in [0.4, 0.5) is 4.39 Å². The van der Waals surface area contributed by atoms with Gasteiger partial charge in [-0.15, -0.1) is 0 Å². The van der Waals surface area contributed by atoms with Crippen LogP contribution >= 0.6 is 11.6 Å². The first-order chi connectivity index (χ1) is 10.1. The molecule has 112 valence electrons. The molecular formula is C14H16ClFN4O. The van der Waals surface area contributed by atoms with Crippen LogP contribution in [-0.2, 0) is 0 Å². The molecule has 1 aromatic heterocycles. The number of hydrogen-bond donors (Lipinski definition) is 1. The lowest BCUT2D eigenvalue weighted by molar-refractivity contribution is 0.176. The van der Waals surface area contributed by atoms with Crippen LogP contribution in [0.3, 0.4) is 0 Å². The quantitative estimate of drug-likeness (QED) is 0.944. The van der Waals surface area contributed by atoms with Crippen LogP contribution in [0.15, 0.2) is 22.7 Å². The van der Waals surface area contributed by atoms with Crippen LogP contribution in [0.1, 0.15) is 18.8 Å². The monoisotopic (exact) mass is 310 g/mol. The second-order valence-electron chi connectivity index (χ2n) is 5.05. The highest BCUT2D eigenvalue weighted by atomic mass is 35.5. The van der Waals surface area contributed by atoms with Crippen LogP contribution < -0.4 is 5.32 Å². The number of hydrogen-bond acceptors (Lipinski definition) is 5. The van der Waals surface area contributed by atoms with E-state index in [0.717, 1.165) is 26.2 Å². The standard InChI is InChI=1S/C14H16ClFN4O/c1-9(20-6-4-17-5-7-20)13-18-14(21-19-13)10-2-3-11(15)12(16)8-10/h2-3,8-9,17H,4-7H2,1H3. The van der Waals surface area contributed by atoms with E-state index in [1.807, 2.05) is 6.92 Å². The van der Waals surface area contributed by atoms with Gasteiger partial charge in [0.1, 0.15) is 5.82 Å². The lowest BCUT2D eigenvalue weighted by atomic mass is 10.2. The SMILES string of the molecule is CC(c1noc(-c2ccc(Cl)c(F)c2)n1)N1CCNCC1. The average molecular weight is 311 g/mol. The molecule has 1 aliphatic heterocycles. The molecule has 7 heteroatoms. The molecule has 1 aliphatic rings. The van der Waals surface area contributed by atoms with E-state index < -0.39 is 5.82 Å². The van der Waals surface area contributed by atoms with Gasteiger partial charge in [-0.1, -0.05) is 16.8 Å². The molecule has 1 N–H and O–H groups in total. The minimum Gasteiger partial charge on any atom is -0.334 e. The van der Waals surface area contributed by atoms with Crippen molar-refractivity contribution in [2.24, 2.45) is 0 Å². The molecule has 1 saturated heterocycles. The Morgan fingerprint density at radius 1 is 1.38 bits per heavy atom. The van der Waals surface area contributed by atoms with Gasteiger partial charge in [0.15, 0.2) is 5.82 Å². The van der Waals surface area contributed by atoms with Crippen LogP contribution in [-0.4, -0.2) is 41.2 Å². The van der Waals surface area contributed by atoms with E-state index in [9.17, 15) is 4.39 Å². The third-order valence-corrected chi connectivity index (χ3v) is 3.99. The van der Waals surface area contributed by atoms with E-state index in [1.165, 1.54) is 12.1 Å². The fourth-order valence-corrected chi connectivity index (χ4v) is 2.50. The minimum atomic E-state index is -0.496. The largest absolute Gasteiger partial charge is 0.334 e. The lowest BCUT2D eigenvalue weighted by Crippen LogP contribution is -2.44. The summed E-state index contributed by atoms with van der Waals surface area (Å²) in [5.41, 5.74) is 0.531. The van der Waals surface area contributed by atoms with E-state index in [1.54, 1.807) is 6.07 Å². The summed E-state index contributed by atoms with van der Waals surface area (Å²) < 4.78 is 18.7. The van der Waals surface area contributed by atoms with Gasteiger partial charge < -0.3 is 9.84 Å². The van der Waals surface area contributed by atoms with Gasteiger partial charge in [-0.2, -0.15) is 4.98 Å². The molecule has 1 fully saturated rings. The van der Waals surface area contributed by atoms with Crippen LogP contribution in [0.5, 0.6) is 0 Å². The first-order valence-electron chi connectivity index (χ1n) is 6.89. The van der Waals surface area contributed by atoms with Crippen molar-refractivity contribution in [3.8, 4) is 11.5 Å². The van der Waals surface area contributed by atoms with E-state index in [4.69, 9.17) is 16.1 Å². The Hall–Kier alpha value is -1.50. The number of benzene rings is 1. The Morgan fingerprint density at radius 3 is 2.86 bits per heavy atom. The summed E-state index contributed by atoms with van der Waals surface area (Å²) in [4.78, 5) is 6.66. The number of nitrogens with one attached hydrogen (secondary N) is 1. The zero-order chi connectivity index (χ0) is 14.8. The van der Waals surface area contributed by atoms with Crippen molar-refractivity contribution in [3.05, 3.63) is 34.9 Å². The molecule has 1 atom stereocenters. The smallest absolute Gasteiger partial charge is 0.258 e. The predicted octanol–water partition coefficient (Wildman–Crippen LogP) is 2.50. The van der Waals surface area contributed by atoms with Crippen molar-refractivity contribution in [1.29, 1.82) is 0 Å². The van der Waals surface area contributed by atoms with E-state index >= 15 is 0 Å². The lowest BCUT2D eigenvalue weighted by Gasteiger charge is -2.30. The van der Waals surface area contributed by atoms with Gasteiger partial charge in [-0.25, -0.2) is 4.39 Å². The van der Waals surface area contributed by atoms with Crippen molar-refractivity contribution in [2.75, 3.05) is 26.2 Å². The summed E-state index contributed by atoms with van der Waals surface area (Å²) in [6.07, 6.45) is 0. The molecule has 2 aromatic rings. The third-order valence-electron chi connectivity index (χ3n) is 3.68. The Balaban J connectivity index is 1.80. The number of rotatable bonds is 3. The summed E-state index contributed by atoms with van der Waals surface area (Å²) in [6.45, 7) is 5.85. The van der Waals surface area contributed by atoms with Gasteiger partial charge in [0.05, 0.1) is 11.1 Å². The normalized spacial score (nSPS) is 17.9. The van der Waals surface area contributed by atoms with Crippen molar-refractivity contribution in [3.63, 3.8) is 0 Å². The minimum absolute atomic E-state index is 0.0711. The van der Waals surface area contributed by atoms with Gasteiger partial charge in [0.25, 0.3) is 5.89 Å². The molecule has 21 heavy (non-hydrogen) atoms. The molecule has 0 bridgehead atoms. The number of nitrogens with zero attached hydrogens (tertiary/aromatic N) is 3. The van der Waals surface area contributed by atoms with E-state index in [2.05, 4.69) is 20.4 Å². The maximum absolute atomic E-state index is 13.5. The second-order valence-corrected chi connectivity index (χ2v) is 5.46. The highest BCUT2D eigenvalue weighted by Crippen LogP contribution is 2.25. The van der Waals surface area contributed by atoms with Gasteiger partial charge >= 0.3 is 0 Å². The predicted molar refractivity (Wildman–Crippen MR) is 77.6 cm³/mol. The summed E-state index contributed by atoms with van der Waals surface area (Å²) >= 11 is 5.67. The summed E-state index contributed by atoms with van der Waals surface area (Å²) in [6, 6.07) is 4.52.